The smallest absolute Gasteiger partial charge is 0.258 e. The molecule has 0 bridgehead atoms. The third kappa shape index (κ3) is 4.40. The van der Waals surface area contributed by atoms with Crippen molar-refractivity contribution in [3.05, 3.63) is 84.8 Å². The Hall–Kier alpha value is -2.14. The number of furan rings is 1. The van der Waals surface area contributed by atoms with Crippen LogP contribution in [0.1, 0.15) is 45.4 Å². The zero-order chi connectivity index (χ0) is 20.9. The predicted octanol–water partition coefficient (Wildman–Crippen LogP) is 4.49. The molecule has 2 N–H and O–H groups in total. The third-order valence-corrected chi connectivity index (χ3v) is 10.9. The summed E-state index contributed by atoms with van der Waals surface area (Å²) in [4.78, 5) is 12.3. The highest BCUT2D eigenvalue weighted by Gasteiger charge is 2.49. The van der Waals surface area contributed by atoms with Crippen molar-refractivity contribution >= 4 is 18.7 Å². The molecule has 0 aliphatic rings. The Morgan fingerprint density at radius 3 is 1.93 bits per heavy atom. The van der Waals surface area contributed by atoms with Crippen LogP contribution in [0.4, 0.5) is 0 Å². The largest absolute Gasteiger partial charge is 0.468 e. The van der Waals surface area contributed by atoms with Gasteiger partial charge in [0, 0.05) is 0 Å². The summed E-state index contributed by atoms with van der Waals surface area (Å²) >= 11 is 0. The molecule has 1 aromatic heterocycles. The standard InChI is InChI=1S/C25H33NO2Si/c1-20(24(26-4)23-16-11-19-28-23)17-18-25(2,3)29(27,21-12-7-5-8-13-21)22-14-9-6-10-15-22/h5-16,19-20,24,26-27H,17-18H2,1-4H3/t20-,24-/m0/s1. The monoisotopic (exact) mass is 407 g/mol. The molecule has 0 fully saturated rings. The second-order valence-electron chi connectivity index (χ2n) is 8.62. The highest BCUT2D eigenvalue weighted by Crippen LogP contribution is 2.42. The molecular weight excluding hydrogens is 374 g/mol. The topological polar surface area (TPSA) is 45.4 Å². The fourth-order valence-electron chi connectivity index (χ4n) is 4.42. The summed E-state index contributed by atoms with van der Waals surface area (Å²) in [5.41, 5.74) is 0. The van der Waals surface area contributed by atoms with Crippen molar-refractivity contribution in [1.29, 1.82) is 0 Å². The predicted molar refractivity (Wildman–Crippen MR) is 123 cm³/mol. The van der Waals surface area contributed by atoms with E-state index in [9.17, 15) is 4.80 Å². The van der Waals surface area contributed by atoms with E-state index in [-0.39, 0.29) is 11.1 Å². The number of rotatable bonds is 9. The number of hydrogen-bond acceptors (Lipinski definition) is 3. The average Bonchev–Trinajstić information content (AvgIpc) is 3.28. The van der Waals surface area contributed by atoms with Gasteiger partial charge in [0.05, 0.1) is 12.3 Å². The van der Waals surface area contributed by atoms with Gasteiger partial charge < -0.3 is 14.5 Å². The summed E-state index contributed by atoms with van der Waals surface area (Å²) in [6.45, 7) is 6.71. The number of nitrogens with one attached hydrogen (secondary N) is 1. The molecule has 3 rings (SSSR count). The maximum atomic E-state index is 12.3. The molecular formula is C25H33NO2Si. The van der Waals surface area contributed by atoms with Crippen LogP contribution in [0.3, 0.4) is 0 Å². The maximum Gasteiger partial charge on any atom is 0.258 e. The highest BCUT2D eigenvalue weighted by atomic mass is 28.4. The van der Waals surface area contributed by atoms with Crippen molar-refractivity contribution < 1.29 is 9.21 Å². The van der Waals surface area contributed by atoms with Gasteiger partial charge in [0.1, 0.15) is 5.76 Å². The van der Waals surface area contributed by atoms with Gasteiger partial charge in [-0.3, -0.25) is 0 Å². The van der Waals surface area contributed by atoms with Crippen molar-refractivity contribution in [2.24, 2.45) is 5.92 Å². The van der Waals surface area contributed by atoms with Crippen LogP contribution in [0.5, 0.6) is 0 Å². The normalized spacial score (nSPS) is 14.5. The first-order valence-electron chi connectivity index (χ1n) is 10.4. The Morgan fingerprint density at radius 1 is 0.931 bits per heavy atom. The van der Waals surface area contributed by atoms with E-state index in [0.717, 1.165) is 29.0 Å². The first-order chi connectivity index (χ1) is 13.9. The van der Waals surface area contributed by atoms with Gasteiger partial charge in [-0.15, -0.1) is 0 Å². The van der Waals surface area contributed by atoms with Crippen LogP contribution in [-0.2, 0) is 0 Å². The van der Waals surface area contributed by atoms with Gasteiger partial charge in [0.2, 0.25) is 0 Å². The fraction of sp³-hybridized carbons (Fsp3) is 0.360. The Kier molecular flexibility index (Phi) is 6.78. The molecule has 29 heavy (non-hydrogen) atoms. The summed E-state index contributed by atoms with van der Waals surface area (Å²) in [5, 5.41) is 5.31. The summed E-state index contributed by atoms with van der Waals surface area (Å²) in [5.74, 6) is 1.35. The molecule has 2 aromatic carbocycles. The van der Waals surface area contributed by atoms with Crippen molar-refractivity contribution in [3.8, 4) is 0 Å². The summed E-state index contributed by atoms with van der Waals surface area (Å²) in [6, 6.07) is 24.6. The van der Waals surface area contributed by atoms with Gasteiger partial charge in [-0.05, 0) is 53.4 Å². The van der Waals surface area contributed by atoms with Gasteiger partial charge in [-0.25, -0.2) is 0 Å². The van der Waals surface area contributed by atoms with Crippen LogP contribution in [0.2, 0.25) is 5.04 Å². The van der Waals surface area contributed by atoms with Gasteiger partial charge in [-0.2, -0.15) is 0 Å². The first kappa shape index (κ1) is 21.6. The Balaban J connectivity index is 1.87. The van der Waals surface area contributed by atoms with E-state index >= 15 is 0 Å². The van der Waals surface area contributed by atoms with E-state index in [1.165, 1.54) is 0 Å². The lowest BCUT2D eigenvalue weighted by Gasteiger charge is -2.42. The van der Waals surface area contributed by atoms with Gasteiger partial charge in [0.15, 0.2) is 0 Å². The molecule has 3 nitrogen and oxygen atoms in total. The summed E-state index contributed by atoms with van der Waals surface area (Å²) in [6.07, 6.45) is 3.65. The Morgan fingerprint density at radius 2 is 1.48 bits per heavy atom. The minimum Gasteiger partial charge on any atom is -0.468 e. The van der Waals surface area contributed by atoms with Gasteiger partial charge in [-0.1, -0.05) is 81.4 Å². The average molecular weight is 408 g/mol. The lowest BCUT2D eigenvalue weighted by molar-refractivity contribution is 0.308. The second kappa shape index (κ2) is 9.12. The van der Waals surface area contributed by atoms with Gasteiger partial charge >= 0.3 is 0 Å². The van der Waals surface area contributed by atoms with E-state index in [2.05, 4.69) is 50.4 Å². The molecule has 0 saturated carbocycles. The van der Waals surface area contributed by atoms with Crippen LogP contribution >= 0.6 is 0 Å². The minimum atomic E-state index is -2.95. The van der Waals surface area contributed by atoms with Crippen LogP contribution < -0.4 is 15.7 Å². The number of benzene rings is 2. The lowest BCUT2D eigenvalue weighted by Crippen LogP contribution is -2.65. The minimum absolute atomic E-state index is 0.170. The van der Waals surface area contributed by atoms with E-state index < -0.39 is 8.32 Å². The van der Waals surface area contributed by atoms with E-state index in [1.54, 1.807) is 6.26 Å². The molecule has 154 valence electrons. The van der Waals surface area contributed by atoms with Crippen LogP contribution in [0, 0.1) is 5.92 Å². The van der Waals surface area contributed by atoms with Crippen LogP contribution in [0.25, 0.3) is 0 Å². The molecule has 2 atom stereocenters. The number of hydrogen-bond donors (Lipinski definition) is 2. The zero-order valence-corrected chi connectivity index (χ0v) is 18.9. The molecule has 0 amide bonds. The van der Waals surface area contributed by atoms with E-state index in [1.807, 2.05) is 55.6 Å². The van der Waals surface area contributed by atoms with Crippen molar-refractivity contribution in [1.82, 2.24) is 5.32 Å². The van der Waals surface area contributed by atoms with Crippen LogP contribution in [-0.4, -0.2) is 20.2 Å². The Bertz CT molecular complexity index is 823. The lowest BCUT2D eigenvalue weighted by atomic mass is 9.91. The molecule has 0 saturated heterocycles. The third-order valence-electron chi connectivity index (χ3n) is 6.32. The first-order valence-corrected chi connectivity index (χ1v) is 12.4. The highest BCUT2D eigenvalue weighted by molar-refractivity contribution is 6.98. The van der Waals surface area contributed by atoms with Crippen molar-refractivity contribution in [3.63, 3.8) is 0 Å². The fourth-order valence-corrected chi connectivity index (χ4v) is 8.17. The molecule has 0 radical (unpaired) electrons. The zero-order valence-electron chi connectivity index (χ0n) is 17.9. The van der Waals surface area contributed by atoms with Crippen molar-refractivity contribution in [2.75, 3.05) is 7.05 Å². The Labute approximate surface area is 175 Å². The van der Waals surface area contributed by atoms with Crippen LogP contribution in [0.15, 0.2) is 83.5 Å². The molecule has 3 aromatic rings. The summed E-state index contributed by atoms with van der Waals surface area (Å²) < 4.78 is 5.64. The molecule has 4 heteroatoms. The quantitative estimate of drug-likeness (QED) is 0.514. The molecule has 1 heterocycles. The molecule has 0 spiro atoms. The summed E-state index contributed by atoms with van der Waals surface area (Å²) in [7, 11) is -0.971. The van der Waals surface area contributed by atoms with Gasteiger partial charge in [0.25, 0.3) is 8.32 Å². The SMILES string of the molecule is CN[C@H](c1ccco1)[C@@H](C)CCC(C)(C)[Si](O)(c1ccccc1)c1ccccc1. The molecule has 0 aliphatic carbocycles. The molecule has 0 unspecified atom stereocenters. The second-order valence-corrected chi connectivity index (χ2v) is 12.6. The molecule has 0 aliphatic heterocycles. The maximum absolute atomic E-state index is 12.3. The van der Waals surface area contributed by atoms with E-state index in [0.29, 0.717) is 5.92 Å². The van der Waals surface area contributed by atoms with Crippen molar-refractivity contribution in [2.45, 2.75) is 44.7 Å². The van der Waals surface area contributed by atoms with E-state index in [4.69, 9.17) is 4.42 Å².